The maximum absolute atomic E-state index is 11.5. The minimum absolute atomic E-state index is 0.192. The topological polar surface area (TPSA) is 32.3 Å². The minimum Gasteiger partial charge on any atom is -0.356 e. The lowest BCUT2D eigenvalue weighted by Gasteiger charge is -2.28. The minimum atomic E-state index is 0.192. The summed E-state index contributed by atoms with van der Waals surface area (Å²) in [7, 11) is 0. The van der Waals surface area contributed by atoms with Crippen LogP contribution in [0.1, 0.15) is 44.2 Å². The molecule has 0 fully saturated rings. The molecule has 0 unspecified atom stereocenters. The van der Waals surface area contributed by atoms with E-state index in [0.717, 1.165) is 39.0 Å². The molecule has 1 aliphatic rings. The number of hydrogen-bond donors (Lipinski definition) is 1. The van der Waals surface area contributed by atoms with Crippen LogP contribution in [0.3, 0.4) is 0 Å². The lowest BCUT2D eigenvalue weighted by Crippen LogP contribution is -2.32. The first-order chi connectivity index (χ1) is 10.1. The van der Waals surface area contributed by atoms with Crippen LogP contribution in [0.15, 0.2) is 24.3 Å². The van der Waals surface area contributed by atoms with Crippen LogP contribution >= 0.6 is 0 Å². The fourth-order valence-electron chi connectivity index (χ4n) is 2.88. The molecule has 1 heterocycles. The fraction of sp³-hybridized carbons (Fsp3) is 0.611. The monoisotopic (exact) mass is 288 g/mol. The van der Waals surface area contributed by atoms with Gasteiger partial charge in [-0.25, -0.2) is 0 Å². The van der Waals surface area contributed by atoms with Gasteiger partial charge in [-0.05, 0) is 42.9 Å². The predicted octanol–water partition coefficient (Wildman–Crippen LogP) is 2.99. The third-order valence-corrected chi connectivity index (χ3v) is 4.03. The summed E-state index contributed by atoms with van der Waals surface area (Å²) < 4.78 is 0. The van der Waals surface area contributed by atoms with Crippen molar-refractivity contribution >= 4 is 5.91 Å². The van der Waals surface area contributed by atoms with Crippen molar-refractivity contribution in [2.24, 2.45) is 5.92 Å². The zero-order chi connectivity index (χ0) is 15.1. The molecule has 1 aromatic rings. The average Bonchev–Trinajstić information content (AvgIpc) is 2.46. The number of benzene rings is 1. The zero-order valence-corrected chi connectivity index (χ0v) is 13.4. The summed E-state index contributed by atoms with van der Waals surface area (Å²) in [5, 5.41) is 3.01. The first-order valence-corrected chi connectivity index (χ1v) is 8.21. The van der Waals surface area contributed by atoms with Gasteiger partial charge in [0.15, 0.2) is 0 Å². The van der Waals surface area contributed by atoms with Crippen LogP contribution in [0.5, 0.6) is 0 Å². The molecule has 0 bridgehead atoms. The van der Waals surface area contributed by atoms with Crippen molar-refractivity contribution in [3.63, 3.8) is 0 Å². The van der Waals surface area contributed by atoms with E-state index in [4.69, 9.17) is 0 Å². The molecule has 0 aliphatic carbocycles. The second-order valence-electron chi connectivity index (χ2n) is 6.45. The van der Waals surface area contributed by atoms with Gasteiger partial charge in [-0.2, -0.15) is 0 Å². The highest BCUT2D eigenvalue weighted by Gasteiger charge is 2.14. The lowest BCUT2D eigenvalue weighted by atomic mass is 10.00. The van der Waals surface area contributed by atoms with Crippen molar-refractivity contribution in [1.29, 1.82) is 0 Å². The zero-order valence-electron chi connectivity index (χ0n) is 13.4. The second kappa shape index (κ2) is 8.18. The van der Waals surface area contributed by atoms with Crippen LogP contribution in [-0.2, 0) is 17.8 Å². The third kappa shape index (κ3) is 5.50. The Hall–Kier alpha value is -1.35. The van der Waals surface area contributed by atoms with Crippen molar-refractivity contribution in [3.05, 3.63) is 35.4 Å². The van der Waals surface area contributed by atoms with E-state index in [1.54, 1.807) is 0 Å². The van der Waals surface area contributed by atoms with Gasteiger partial charge in [0.2, 0.25) is 5.91 Å². The lowest BCUT2D eigenvalue weighted by molar-refractivity contribution is -0.121. The van der Waals surface area contributed by atoms with Gasteiger partial charge in [0.25, 0.3) is 0 Å². The number of nitrogens with zero attached hydrogens (tertiary/aromatic N) is 1. The van der Waals surface area contributed by atoms with E-state index in [1.807, 2.05) is 0 Å². The number of rotatable bonds is 7. The maximum atomic E-state index is 11.5. The molecule has 3 nitrogen and oxygen atoms in total. The largest absolute Gasteiger partial charge is 0.356 e. The molecular weight excluding hydrogens is 260 g/mol. The highest BCUT2D eigenvalue weighted by atomic mass is 16.1. The Bertz CT molecular complexity index is 456. The molecule has 0 aromatic heterocycles. The van der Waals surface area contributed by atoms with E-state index in [0.29, 0.717) is 12.3 Å². The smallest absolute Gasteiger partial charge is 0.220 e. The molecule has 3 heteroatoms. The van der Waals surface area contributed by atoms with Gasteiger partial charge in [0, 0.05) is 26.1 Å². The van der Waals surface area contributed by atoms with Crippen LogP contribution in [0.25, 0.3) is 0 Å². The highest BCUT2D eigenvalue weighted by Crippen LogP contribution is 2.18. The van der Waals surface area contributed by atoms with Gasteiger partial charge in [-0.1, -0.05) is 38.1 Å². The van der Waals surface area contributed by atoms with E-state index in [-0.39, 0.29) is 5.91 Å². The van der Waals surface area contributed by atoms with E-state index < -0.39 is 0 Å². The van der Waals surface area contributed by atoms with Crippen LogP contribution in [0.2, 0.25) is 0 Å². The molecule has 0 radical (unpaired) electrons. The number of carbonyl (C=O) groups is 1. The summed E-state index contributed by atoms with van der Waals surface area (Å²) in [6, 6.07) is 8.76. The van der Waals surface area contributed by atoms with Gasteiger partial charge in [0.05, 0.1) is 0 Å². The number of unbranched alkanes of at least 4 members (excludes halogenated alkanes) is 1. The molecule has 0 saturated heterocycles. The number of hydrogen-bond acceptors (Lipinski definition) is 2. The SMILES string of the molecule is CC(C)CC(=O)NCCCCN1CCc2ccccc2C1. The van der Waals surface area contributed by atoms with Crippen molar-refractivity contribution in [2.45, 2.75) is 46.1 Å². The molecule has 1 N–H and O–H groups in total. The van der Waals surface area contributed by atoms with Crippen LogP contribution in [0, 0.1) is 5.92 Å². The molecule has 0 spiro atoms. The number of fused-ring (bicyclic) bond motifs is 1. The Morgan fingerprint density at radius 1 is 1.24 bits per heavy atom. The first-order valence-electron chi connectivity index (χ1n) is 8.21. The van der Waals surface area contributed by atoms with E-state index >= 15 is 0 Å². The number of amides is 1. The van der Waals surface area contributed by atoms with Crippen LogP contribution < -0.4 is 5.32 Å². The highest BCUT2D eigenvalue weighted by molar-refractivity contribution is 5.75. The first kappa shape index (κ1) is 16.0. The van der Waals surface area contributed by atoms with E-state index in [2.05, 4.69) is 48.3 Å². The maximum Gasteiger partial charge on any atom is 0.220 e. The Morgan fingerprint density at radius 3 is 2.76 bits per heavy atom. The molecule has 2 rings (SSSR count). The molecule has 116 valence electrons. The molecule has 1 aliphatic heterocycles. The molecule has 21 heavy (non-hydrogen) atoms. The van der Waals surface area contributed by atoms with Gasteiger partial charge in [0.1, 0.15) is 0 Å². The van der Waals surface area contributed by atoms with Crippen molar-refractivity contribution in [3.8, 4) is 0 Å². The van der Waals surface area contributed by atoms with E-state index in [9.17, 15) is 4.79 Å². The Kier molecular flexibility index (Phi) is 6.24. The predicted molar refractivity (Wildman–Crippen MR) is 87.1 cm³/mol. The van der Waals surface area contributed by atoms with Crippen molar-refractivity contribution < 1.29 is 4.79 Å². The summed E-state index contributed by atoms with van der Waals surface area (Å²) in [5.74, 6) is 0.635. The normalized spacial score (nSPS) is 15.0. The van der Waals surface area contributed by atoms with Crippen LogP contribution in [0.4, 0.5) is 0 Å². The Labute approximate surface area is 128 Å². The quantitative estimate of drug-likeness (QED) is 0.782. The number of nitrogens with one attached hydrogen (secondary N) is 1. The van der Waals surface area contributed by atoms with Crippen LogP contribution in [-0.4, -0.2) is 30.4 Å². The van der Waals surface area contributed by atoms with Gasteiger partial charge >= 0.3 is 0 Å². The number of carbonyl (C=O) groups excluding carboxylic acids is 1. The summed E-state index contributed by atoms with van der Waals surface area (Å²) in [6.45, 7) is 8.35. The Balaban J connectivity index is 1.59. The molecule has 1 amide bonds. The van der Waals surface area contributed by atoms with E-state index in [1.165, 1.54) is 17.5 Å². The molecular formula is C18H28N2O. The molecule has 0 saturated carbocycles. The average molecular weight is 288 g/mol. The summed E-state index contributed by atoms with van der Waals surface area (Å²) in [5.41, 5.74) is 2.99. The summed E-state index contributed by atoms with van der Waals surface area (Å²) in [6.07, 6.45) is 4.04. The Morgan fingerprint density at radius 2 is 2.00 bits per heavy atom. The van der Waals surface area contributed by atoms with Crippen molar-refractivity contribution in [2.75, 3.05) is 19.6 Å². The van der Waals surface area contributed by atoms with Gasteiger partial charge < -0.3 is 5.32 Å². The molecule has 0 atom stereocenters. The van der Waals surface area contributed by atoms with Crippen molar-refractivity contribution in [1.82, 2.24) is 10.2 Å². The third-order valence-electron chi connectivity index (χ3n) is 4.03. The van der Waals surface area contributed by atoms with Gasteiger partial charge in [-0.15, -0.1) is 0 Å². The summed E-state index contributed by atoms with van der Waals surface area (Å²) >= 11 is 0. The fourth-order valence-corrected chi connectivity index (χ4v) is 2.88. The second-order valence-corrected chi connectivity index (χ2v) is 6.45. The standard InChI is InChI=1S/C18H28N2O/c1-15(2)13-18(21)19-10-5-6-11-20-12-9-16-7-3-4-8-17(16)14-20/h3-4,7-8,15H,5-6,9-14H2,1-2H3,(H,19,21). The summed E-state index contributed by atoms with van der Waals surface area (Å²) in [4.78, 5) is 14.1. The molecule has 1 aromatic carbocycles. The van der Waals surface area contributed by atoms with Gasteiger partial charge in [-0.3, -0.25) is 9.69 Å².